The van der Waals surface area contributed by atoms with Crippen LogP contribution in [0.25, 0.3) is 0 Å². The molecule has 2 amide bonds. The van der Waals surface area contributed by atoms with Gasteiger partial charge in [-0.3, -0.25) is 9.59 Å². The van der Waals surface area contributed by atoms with Crippen molar-refractivity contribution in [3.63, 3.8) is 0 Å². The van der Waals surface area contributed by atoms with E-state index in [1.807, 2.05) is 11.0 Å². The van der Waals surface area contributed by atoms with Crippen LogP contribution in [0.5, 0.6) is 0 Å². The fourth-order valence-electron chi connectivity index (χ4n) is 4.43. The lowest BCUT2D eigenvalue weighted by molar-refractivity contribution is -0.138. The number of aryl methyl sites for hydroxylation is 2. The number of nitrogens with zero attached hydrogens (tertiary/aromatic N) is 1. The summed E-state index contributed by atoms with van der Waals surface area (Å²) in [4.78, 5) is 28.5. The van der Waals surface area contributed by atoms with Crippen molar-refractivity contribution in [2.24, 2.45) is 5.92 Å². The van der Waals surface area contributed by atoms with Gasteiger partial charge in [0, 0.05) is 30.7 Å². The van der Waals surface area contributed by atoms with E-state index in [4.69, 9.17) is 0 Å². The number of piperidine rings is 1. The molecule has 1 saturated carbocycles. The van der Waals surface area contributed by atoms with Gasteiger partial charge in [0.05, 0.1) is 5.92 Å². The van der Waals surface area contributed by atoms with Gasteiger partial charge in [0.1, 0.15) is 5.82 Å². The first kappa shape index (κ1) is 25.2. The quantitative estimate of drug-likeness (QED) is 0.664. The number of halogens is 2. The molecular weight excluding hydrogens is 441 g/mol. The molecule has 2 aromatic carbocycles. The number of hydrogen-bond acceptors (Lipinski definition) is 3. The molecule has 2 unspecified atom stereocenters. The van der Waals surface area contributed by atoms with Crippen molar-refractivity contribution in [2.45, 2.75) is 58.7 Å². The second kappa shape index (κ2) is 10.7. The van der Waals surface area contributed by atoms with Gasteiger partial charge in [0.25, 0.3) is 5.91 Å². The van der Waals surface area contributed by atoms with E-state index in [0.717, 1.165) is 19.4 Å². The van der Waals surface area contributed by atoms with E-state index in [0.29, 0.717) is 25.1 Å². The van der Waals surface area contributed by atoms with Crippen LogP contribution in [0.3, 0.4) is 0 Å². The van der Waals surface area contributed by atoms with E-state index in [1.165, 1.54) is 22.8 Å². The molecule has 2 aliphatic rings. The summed E-state index contributed by atoms with van der Waals surface area (Å²) < 4.78 is 13.9. The first-order valence-electron chi connectivity index (χ1n) is 11.5. The third-order valence-corrected chi connectivity index (χ3v) is 6.88. The van der Waals surface area contributed by atoms with Gasteiger partial charge in [-0.1, -0.05) is 24.3 Å². The van der Waals surface area contributed by atoms with Crippen molar-refractivity contribution in [3.05, 3.63) is 70.0 Å². The number of carbonyl (C=O) groups excluding carboxylic acids is 2. The van der Waals surface area contributed by atoms with Crippen LogP contribution in [-0.2, 0) is 11.3 Å². The Morgan fingerprint density at radius 3 is 2.55 bits per heavy atom. The molecule has 2 atom stereocenters. The Morgan fingerprint density at radius 1 is 1.09 bits per heavy atom. The smallest absolute Gasteiger partial charge is 0.251 e. The molecule has 7 heteroatoms. The molecule has 0 aromatic heterocycles. The van der Waals surface area contributed by atoms with Crippen LogP contribution < -0.4 is 10.6 Å². The number of rotatable bonds is 6. The summed E-state index contributed by atoms with van der Waals surface area (Å²) in [7, 11) is 0. The van der Waals surface area contributed by atoms with E-state index in [1.54, 1.807) is 19.1 Å². The number of carbonyl (C=O) groups is 2. The van der Waals surface area contributed by atoms with Gasteiger partial charge in [-0.25, -0.2) is 4.39 Å². The van der Waals surface area contributed by atoms with Crippen LogP contribution in [0.15, 0.2) is 36.4 Å². The summed E-state index contributed by atoms with van der Waals surface area (Å²) in [5.41, 5.74) is 4.40. The molecule has 2 fully saturated rings. The Bertz CT molecular complexity index is 1020. The van der Waals surface area contributed by atoms with Crippen LogP contribution in [0.1, 0.15) is 51.9 Å². The van der Waals surface area contributed by atoms with Crippen LogP contribution in [0, 0.1) is 32.5 Å². The molecule has 0 radical (unpaired) electrons. The van der Waals surface area contributed by atoms with Crippen LogP contribution in [0.2, 0.25) is 0 Å². The van der Waals surface area contributed by atoms with Crippen LogP contribution >= 0.6 is 12.4 Å². The third-order valence-electron chi connectivity index (χ3n) is 6.88. The standard InChI is InChI=1S/C26H32FN3O2.ClH/c1-16-5-4-6-20(18(16)3)15-30(21-9-10-21)26(32)22-14-28-12-11-24(22)29-25(31)19-8-7-17(2)23(27)13-19;/h4-8,13,21-22,24,28H,9-12,14-15H2,1-3H3,(H,29,31);1H. The zero-order valence-electron chi connectivity index (χ0n) is 19.5. The Morgan fingerprint density at radius 2 is 1.85 bits per heavy atom. The van der Waals surface area contributed by atoms with Crippen molar-refractivity contribution >= 4 is 24.2 Å². The topological polar surface area (TPSA) is 61.4 Å². The van der Waals surface area contributed by atoms with Crippen LogP contribution in [0.4, 0.5) is 4.39 Å². The SMILES string of the molecule is Cc1ccc(C(=O)NC2CCNCC2C(=O)N(Cc2cccc(C)c2C)C2CC2)cc1F.Cl. The van der Waals surface area contributed by atoms with Crippen molar-refractivity contribution in [1.82, 2.24) is 15.5 Å². The zero-order valence-corrected chi connectivity index (χ0v) is 20.3. The van der Waals surface area contributed by atoms with E-state index < -0.39 is 5.82 Å². The van der Waals surface area contributed by atoms with Gasteiger partial charge in [0.2, 0.25) is 5.91 Å². The normalized spacial score (nSPS) is 20.0. The lowest BCUT2D eigenvalue weighted by atomic mass is 9.91. The molecule has 33 heavy (non-hydrogen) atoms. The number of amides is 2. The molecule has 1 heterocycles. The molecule has 0 bridgehead atoms. The first-order chi connectivity index (χ1) is 15.3. The minimum Gasteiger partial charge on any atom is -0.348 e. The Balaban J connectivity index is 0.00000306. The van der Waals surface area contributed by atoms with Gasteiger partial charge < -0.3 is 15.5 Å². The molecule has 1 aliphatic carbocycles. The average molecular weight is 474 g/mol. The summed E-state index contributed by atoms with van der Waals surface area (Å²) in [6, 6.07) is 10.7. The molecule has 4 rings (SSSR count). The van der Waals surface area contributed by atoms with Crippen molar-refractivity contribution in [1.29, 1.82) is 0 Å². The molecule has 5 nitrogen and oxygen atoms in total. The molecular formula is C26H33ClFN3O2. The second-order valence-corrected chi connectivity index (χ2v) is 9.20. The van der Waals surface area contributed by atoms with E-state index in [9.17, 15) is 14.0 Å². The molecule has 178 valence electrons. The van der Waals surface area contributed by atoms with Gasteiger partial charge in [-0.15, -0.1) is 12.4 Å². The van der Waals surface area contributed by atoms with E-state index in [2.05, 4.69) is 36.6 Å². The first-order valence-corrected chi connectivity index (χ1v) is 11.5. The highest BCUT2D eigenvalue weighted by atomic mass is 35.5. The molecule has 1 saturated heterocycles. The van der Waals surface area contributed by atoms with E-state index >= 15 is 0 Å². The lowest BCUT2D eigenvalue weighted by Gasteiger charge is -2.36. The predicted molar refractivity (Wildman–Crippen MR) is 130 cm³/mol. The third kappa shape index (κ3) is 5.74. The lowest BCUT2D eigenvalue weighted by Crippen LogP contribution is -2.55. The summed E-state index contributed by atoms with van der Waals surface area (Å²) in [6.45, 7) is 7.72. The highest BCUT2D eigenvalue weighted by Crippen LogP contribution is 2.32. The van der Waals surface area contributed by atoms with Crippen molar-refractivity contribution in [2.75, 3.05) is 13.1 Å². The van der Waals surface area contributed by atoms with Crippen molar-refractivity contribution < 1.29 is 14.0 Å². The maximum atomic E-state index is 13.9. The maximum Gasteiger partial charge on any atom is 0.251 e. The van der Waals surface area contributed by atoms with Gasteiger partial charge >= 0.3 is 0 Å². The minimum atomic E-state index is -0.399. The van der Waals surface area contributed by atoms with Gasteiger partial charge in [-0.2, -0.15) is 0 Å². The predicted octanol–water partition coefficient (Wildman–Crippen LogP) is 4.07. The number of benzene rings is 2. The maximum absolute atomic E-state index is 13.9. The molecule has 0 spiro atoms. The fourth-order valence-corrected chi connectivity index (χ4v) is 4.43. The zero-order chi connectivity index (χ0) is 22.8. The molecule has 2 N–H and O–H groups in total. The van der Waals surface area contributed by atoms with Gasteiger partial charge in [0.15, 0.2) is 0 Å². The van der Waals surface area contributed by atoms with E-state index in [-0.39, 0.29) is 47.8 Å². The van der Waals surface area contributed by atoms with Gasteiger partial charge in [-0.05, 0) is 81.0 Å². The highest BCUT2D eigenvalue weighted by molar-refractivity contribution is 5.95. The Labute approximate surface area is 201 Å². The molecule has 2 aromatic rings. The fraction of sp³-hybridized carbons (Fsp3) is 0.462. The monoisotopic (exact) mass is 473 g/mol. The largest absolute Gasteiger partial charge is 0.348 e. The number of hydrogen-bond donors (Lipinski definition) is 2. The van der Waals surface area contributed by atoms with Crippen LogP contribution in [-0.4, -0.2) is 41.9 Å². The Kier molecular flexibility index (Phi) is 8.14. The average Bonchev–Trinajstić information content (AvgIpc) is 3.62. The number of nitrogens with one attached hydrogen (secondary N) is 2. The minimum absolute atomic E-state index is 0. The second-order valence-electron chi connectivity index (χ2n) is 9.20. The summed E-state index contributed by atoms with van der Waals surface area (Å²) in [5.74, 6) is -0.986. The summed E-state index contributed by atoms with van der Waals surface area (Å²) in [6.07, 6.45) is 2.71. The van der Waals surface area contributed by atoms with Crippen molar-refractivity contribution in [3.8, 4) is 0 Å². The summed E-state index contributed by atoms with van der Waals surface area (Å²) in [5, 5.41) is 6.33. The highest BCUT2D eigenvalue weighted by Gasteiger charge is 2.40. The summed E-state index contributed by atoms with van der Waals surface area (Å²) >= 11 is 0. The molecule has 1 aliphatic heterocycles. The Hall–Kier alpha value is -2.44.